The van der Waals surface area contributed by atoms with Gasteiger partial charge >= 0.3 is 0 Å². The van der Waals surface area contributed by atoms with Gasteiger partial charge in [-0.15, -0.1) is 0 Å². The van der Waals surface area contributed by atoms with Crippen molar-refractivity contribution in [2.45, 2.75) is 83.3 Å². The van der Waals surface area contributed by atoms with E-state index < -0.39 is 28.5 Å². The summed E-state index contributed by atoms with van der Waals surface area (Å²) in [6.07, 6.45) is 5.04. The number of nitrogens with zero attached hydrogens (tertiary/aromatic N) is 2. The van der Waals surface area contributed by atoms with Crippen molar-refractivity contribution in [1.82, 2.24) is 10.2 Å². The second kappa shape index (κ2) is 14.1. The van der Waals surface area contributed by atoms with Crippen molar-refractivity contribution in [2.75, 3.05) is 10.8 Å². The van der Waals surface area contributed by atoms with E-state index >= 15 is 0 Å². The normalized spacial score (nSPS) is 14.7. The third kappa shape index (κ3) is 8.11. The molecular weight excluding hydrogens is 605 g/mol. The summed E-state index contributed by atoms with van der Waals surface area (Å²) in [6.45, 7) is 6.77. The molecule has 43 heavy (non-hydrogen) atoms. The van der Waals surface area contributed by atoms with E-state index in [-0.39, 0.29) is 23.4 Å². The fraction of sp³-hybridized carbons (Fsp3) is 0.394. The lowest BCUT2D eigenvalue weighted by Gasteiger charge is -2.33. The maximum atomic E-state index is 14.2. The van der Waals surface area contributed by atoms with Crippen LogP contribution in [0.25, 0.3) is 0 Å². The number of hydrogen-bond acceptors (Lipinski definition) is 4. The van der Waals surface area contributed by atoms with Crippen LogP contribution in [0.1, 0.15) is 61.3 Å². The van der Waals surface area contributed by atoms with Crippen LogP contribution < -0.4 is 9.62 Å². The zero-order valence-corrected chi connectivity index (χ0v) is 27.4. The summed E-state index contributed by atoms with van der Waals surface area (Å²) in [6, 6.07) is 16.2. The van der Waals surface area contributed by atoms with Gasteiger partial charge in [-0.2, -0.15) is 0 Å². The van der Waals surface area contributed by atoms with Crippen LogP contribution in [-0.4, -0.2) is 43.8 Å². The first-order valence-electron chi connectivity index (χ1n) is 14.6. The van der Waals surface area contributed by atoms with Crippen molar-refractivity contribution in [3.8, 4) is 0 Å². The molecule has 1 atom stereocenters. The van der Waals surface area contributed by atoms with Crippen molar-refractivity contribution in [2.24, 2.45) is 0 Å². The zero-order valence-electron chi connectivity index (χ0n) is 25.1. The maximum Gasteiger partial charge on any atom is 0.264 e. The Morgan fingerprint density at radius 3 is 2.19 bits per heavy atom. The van der Waals surface area contributed by atoms with Gasteiger partial charge in [0.25, 0.3) is 10.0 Å². The van der Waals surface area contributed by atoms with Gasteiger partial charge in [0.1, 0.15) is 12.6 Å². The largest absolute Gasteiger partial charge is 0.352 e. The van der Waals surface area contributed by atoms with Gasteiger partial charge in [0, 0.05) is 12.6 Å². The quantitative estimate of drug-likeness (QED) is 0.258. The molecule has 0 saturated heterocycles. The Kier molecular flexibility index (Phi) is 10.8. The summed E-state index contributed by atoms with van der Waals surface area (Å²) in [5.41, 5.74) is 3.54. The van der Waals surface area contributed by atoms with Gasteiger partial charge < -0.3 is 10.2 Å². The molecule has 1 aliphatic carbocycles. The lowest BCUT2D eigenvalue weighted by Crippen LogP contribution is -2.53. The second-order valence-corrected chi connectivity index (χ2v) is 14.1. The molecule has 4 rings (SSSR count). The Hall–Kier alpha value is -3.07. The van der Waals surface area contributed by atoms with E-state index in [1.54, 1.807) is 55.5 Å². The van der Waals surface area contributed by atoms with Gasteiger partial charge in [-0.1, -0.05) is 78.4 Å². The van der Waals surface area contributed by atoms with E-state index in [0.717, 1.165) is 47.5 Å². The SMILES string of the molecule is Cc1ccc(S(=O)(=O)N(CC(=O)N(Cc2ccc(Cl)c(Cl)c2)C(C)C(=O)NC2CCCCC2)c2cc(C)ccc2C)cc1. The van der Waals surface area contributed by atoms with Gasteiger partial charge in [0.2, 0.25) is 11.8 Å². The van der Waals surface area contributed by atoms with Crippen LogP contribution in [0, 0.1) is 20.8 Å². The number of aryl methyl sites for hydroxylation is 3. The number of anilines is 1. The zero-order chi connectivity index (χ0) is 31.3. The van der Waals surface area contributed by atoms with Gasteiger partial charge in [0.15, 0.2) is 0 Å². The van der Waals surface area contributed by atoms with Crippen molar-refractivity contribution in [1.29, 1.82) is 0 Å². The Morgan fingerprint density at radius 1 is 0.884 bits per heavy atom. The summed E-state index contributed by atoms with van der Waals surface area (Å²) < 4.78 is 29.4. The molecule has 1 fully saturated rings. The predicted octanol–water partition coefficient (Wildman–Crippen LogP) is 6.98. The van der Waals surface area contributed by atoms with E-state index in [4.69, 9.17) is 23.2 Å². The Labute approximate surface area is 265 Å². The average Bonchev–Trinajstić information content (AvgIpc) is 2.98. The van der Waals surface area contributed by atoms with Gasteiger partial charge in [0.05, 0.1) is 20.6 Å². The van der Waals surface area contributed by atoms with Crippen molar-refractivity contribution in [3.05, 3.63) is 93.0 Å². The summed E-state index contributed by atoms with van der Waals surface area (Å²) in [7, 11) is -4.15. The third-order valence-electron chi connectivity index (χ3n) is 7.98. The minimum absolute atomic E-state index is 0.0419. The minimum atomic E-state index is -4.15. The van der Waals surface area contributed by atoms with Crippen LogP contribution >= 0.6 is 23.2 Å². The molecule has 0 aliphatic heterocycles. The van der Waals surface area contributed by atoms with E-state index in [9.17, 15) is 18.0 Å². The van der Waals surface area contributed by atoms with Gasteiger partial charge in [-0.05, 0) is 87.6 Å². The molecule has 3 aromatic carbocycles. The highest BCUT2D eigenvalue weighted by Crippen LogP contribution is 2.29. The van der Waals surface area contributed by atoms with Crippen LogP contribution in [-0.2, 0) is 26.2 Å². The number of carbonyl (C=O) groups is 2. The van der Waals surface area contributed by atoms with Crippen LogP contribution in [0.2, 0.25) is 10.0 Å². The molecule has 1 N–H and O–H groups in total. The van der Waals surface area contributed by atoms with Gasteiger partial charge in [-0.25, -0.2) is 8.42 Å². The molecule has 1 saturated carbocycles. The van der Waals surface area contributed by atoms with Crippen molar-refractivity contribution >= 4 is 50.7 Å². The van der Waals surface area contributed by atoms with Crippen molar-refractivity contribution < 1.29 is 18.0 Å². The predicted molar refractivity (Wildman–Crippen MR) is 173 cm³/mol. The van der Waals surface area contributed by atoms with Crippen LogP contribution in [0.4, 0.5) is 5.69 Å². The highest BCUT2D eigenvalue weighted by molar-refractivity contribution is 7.92. The van der Waals surface area contributed by atoms with E-state index in [1.807, 2.05) is 32.9 Å². The Balaban J connectivity index is 1.72. The molecular formula is C33H39Cl2N3O4S. The van der Waals surface area contributed by atoms with E-state index in [2.05, 4.69) is 5.32 Å². The standard InChI is InChI=1S/C33H39Cl2N3O4S/c1-22-11-15-28(16-12-22)43(41,42)38(31-18-23(2)10-13-24(31)3)21-32(39)37(20-26-14-17-29(34)30(35)19-26)25(4)33(40)36-27-8-6-5-7-9-27/h10-19,25,27H,5-9,20-21H2,1-4H3,(H,36,40). The third-order valence-corrected chi connectivity index (χ3v) is 10.5. The van der Waals surface area contributed by atoms with Crippen LogP contribution in [0.5, 0.6) is 0 Å². The molecule has 0 spiro atoms. The lowest BCUT2D eigenvalue weighted by molar-refractivity contribution is -0.139. The van der Waals surface area contributed by atoms with E-state index in [1.165, 1.54) is 4.90 Å². The molecule has 1 aliphatic rings. The molecule has 3 aromatic rings. The molecule has 230 valence electrons. The molecule has 0 heterocycles. The topological polar surface area (TPSA) is 86.8 Å². The number of sulfonamides is 1. The monoisotopic (exact) mass is 643 g/mol. The number of halogens is 2. The molecule has 10 heteroatoms. The second-order valence-electron chi connectivity index (χ2n) is 11.4. The highest BCUT2D eigenvalue weighted by atomic mass is 35.5. The summed E-state index contributed by atoms with van der Waals surface area (Å²) >= 11 is 12.4. The Bertz CT molecular complexity index is 1570. The molecule has 0 radical (unpaired) electrons. The first-order chi connectivity index (χ1) is 20.4. The maximum absolute atomic E-state index is 14.2. The summed E-state index contributed by atoms with van der Waals surface area (Å²) in [5.74, 6) is -0.797. The average molecular weight is 645 g/mol. The number of benzene rings is 3. The number of hydrogen-bond donors (Lipinski definition) is 1. The smallest absolute Gasteiger partial charge is 0.264 e. The lowest BCUT2D eigenvalue weighted by atomic mass is 9.95. The Morgan fingerprint density at radius 2 is 1.53 bits per heavy atom. The first kappa shape index (κ1) is 32.8. The van der Waals surface area contributed by atoms with Crippen molar-refractivity contribution in [3.63, 3.8) is 0 Å². The van der Waals surface area contributed by atoms with Crippen LogP contribution in [0.3, 0.4) is 0 Å². The minimum Gasteiger partial charge on any atom is -0.352 e. The van der Waals surface area contributed by atoms with Gasteiger partial charge in [-0.3, -0.25) is 13.9 Å². The fourth-order valence-corrected chi connectivity index (χ4v) is 7.12. The molecule has 2 amide bonds. The number of nitrogens with one attached hydrogen (secondary N) is 1. The first-order valence-corrected chi connectivity index (χ1v) is 16.8. The fourth-order valence-electron chi connectivity index (χ4n) is 5.32. The summed E-state index contributed by atoms with van der Waals surface area (Å²) in [5, 5.41) is 3.81. The van der Waals surface area contributed by atoms with E-state index in [0.29, 0.717) is 26.9 Å². The molecule has 0 bridgehead atoms. The molecule has 0 aromatic heterocycles. The van der Waals surface area contributed by atoms with Crippen LogP contribution in [0.15, 0.2) is 65.6 Å². The number of carbonyl (C=O) groups excluding carboxylic acids is 2. The highest BCUT2D eigenvalue weighted by Gasteiger charge is 2.34. The number of rotatable bonds is 10. The number of amides is 2. The molecule has 1 unspecified atom stereocenters. The molecule has 7 nitrogen and oxygen atoms in total. The summed E-state index contributed by atoms with van der Waals surface area (Å²) in [4.78, 5) is 29.2.